The molecule has 0 aliphatic heterocycles. The maximum Gasteiger partial charge on any atom is 0.161 e. The smallest absolute Gasteiger partial charge is 0.161 e. The molecule has 0 aliphatic rings. The highest BCUT2D eigenvalue weighted by Crippen LogP contribution is 2.35. The number of hydrogen-bond acceptors (Lipinski definition) is 3. The minimum Gasteiger partial charge on any atom is -0.497 e. The number of aromatic nitrogens is 3. The lowest BCUT2D eigenvalue weighted by Crippen LogP contribution is -1.89. The molecule has 0 fully saturated rings. The Morgan fingerprint density at radius 2 is 1.90 bits per heavy atom. The van der Waals surface area contributed by atoms with Crippen LogP contribution in [0.3, 0.4) is 0 Å². The Morgan fingerprint density at radius 3 is 2.71 bits per heavy atom. The number of nitrogens with zero attached hydrogens (tertiary/aromatic N) is 2. The third-order valence-electron chi connectivity index (χ3n) is 3.83. The van der Waals surface area contributed by atoms with E-state index in [1.165, 1.54) is 0 Å². The summed E-state index contributed by atoms with van der Waals surface area (Å²) in [5, 5.41) is 3.59. The van der Waals surface area contributed by atoms with Gasteiger partial charge in [0.2, 0.25) is 0 Å². The van der Waals surface area contributed by atoms with E-state index < -0.39 is 0 Å². The lowest BCUT2D eigenvalue weighted by Gasteiger charge is -2.06. The van der Waals surface area contributed by atoms with Crippen molar-refractivity contribution in [1.82, 2.24) is 15.0 Å². The van der Waals surface area contributed by atoms with Crippen LogP contribution in [0.4, 0.5) is 0 Å². The van der Waals surface area contributed by atoms with Crippen molar-refractivity contribution in [2.75, 3.05) is 7.11 Å². The zero-order valence-electron chi connectivity index (χ0n) is 11.6. The molecule has 0 amide bonds. The second kappa shape index (κ2) is 4.33. The molecule has 0 saturated heterocycles. The molecule has 0 atom stereocenters. The molecule has 5 heteroatoms. The molecule has 0 saturated carbocycles. The number of hydrogen-bond donors (Lipinski definition) is 1. The zero-order chi connectivity index (χ0) is 14.6. The Balaban J connectivity index is 2.25. The molecular weight excluding hydrogens is 286 g/mol. The van der Waals surface area contributed by atoms with Crippen LogP contribution < -0.4 is 4.74 Å². The van der Waals surface area contributed by atoms with Crippen molar-refractivity contribution in [3.63, 3.8) is 0 Å². The summed E-state index contributed by atoms with van der Waals surface area (Å²) in [6, 6.07) is 7.76. The van der Waals surface area contributed by atoms with Gasteiger partial charge in [0.15, 0.2) is 5.65 Å². The molecule has 1 N–H and O–H groups in total. The Kier molecular flexibility index (Phi) is 2.56. The maximum atomic E-state index is 6.30. The molecule has 0 spiro atoms. The number of benzene rings is 1. The highest BCUT2D eigenvalue weighted by Gasteiger charge is 2.15. The van der Waals surface area contributed by atoms with Gasteiger partial charge < -0.3 is 9.72 Å². The summed E-state index contributed by atoms with van der Waals surface area (Å²) in [5.74, 6) is 0.807. The minimum atomic E-state index is 0.594. The van der Waals surface area contributed by atoms with Crippen molar-refractivity contribution in [1.29, 1.82) is 0 Å². The van der Waals surface area contributed by atoms with Crippen LogP contribution >= 0.6 is 11.6 Å². The highest BCUT2D eigenvalue weighted by atomic mass is 35.5. The van der Waals surface area contributed by atoms with Crippen LogP contribution in [-0.2, 0) is 0 Å². The zero-order valence-corrected chi connectivity index (χ0v) is 12.3. The third-order valence-corrected chi connectivity index (χ3v) is 4.12. The van der Waals surface area contributed by atoms with Gasteiger partial charge in [0.1, 0.15) is 10.9 Å². The quantitative estimate of drug-likeness (QED) is 0.535. The Morgan fingerprint density at radius 1 is 1.10 bits per heavy atom. The van der Waals surface area contributed by atoms with Gasteiger partial charge in [0, 0.05) is 22.4 Å². The first-order valence-electron chi connectivity index (χ1n) is 6.59. The molecule has 0 radical (unpaired) electrons. The fraction of sp³-hybridized carbons (Fsp3) is 0.125. The number of fused-ring (bicyclic) bond motifs is 4. The van der Waals surface area contributed by atoms with Gasteiger partial charge in [0.05, 0.1) is 18.1 Å². The molecule has 104 valence electrons. The van der Waals surface area contributed by atoms with E-state index in [-0.39, 0.29) is 0 Å². The normalized spacial score (nSPS) is 11.6. The van der Waals surface area contributed by atoms with Crippen LogP contribution in [0.5, 0.6) is 5.75 Å². The minimum absolute atomic E-state index is 0.594. The maximum absolute atomic E-state index is 6.30. The molecule has 0 bridgehead atoms. The molecule has 3 aromatic heterocycles. The van der Waals surface area contributed by atoms with E-state index in [1.54, 1.807) is 13.3 Å². The van der Waals surface area contributed by atoms with Crippen molar-refractivity contribution < 1.29 is 4.74 Å². The number of rotatable bonds is 1. The fourth-order valence-corrected chi connectivity index (χ4v) is 3.13. The molecule has 0 aliphatic carbocycles. The van der Waals surface area contributed by atoms with E-state index in [4.69, 9.17) is 16.3 Å². The molecule has 0 unspecified atom stereocenters. The van der Waals surface area contributed by atoms with Gasteiger partial charge in [-0.3, -0.25) is 0 Å². The third kappa shape index (κ3) is 1.69. The summed E-state index contributed by atoms with van der Waals surface area (Å²) in [6.07, 6.45) is 1.79. The summed E-state index contributed by atoms with van der Waals surface area (Å²) in [4.78, 5) is 12.3. The van der Waals surface area contributed by atoms with E-state index >= 15 is 0 Å². The molecule has 1 aromatic carbocycles. The van der Waals surface area contributed by atoms with Crippen molar-refractivity contribution >= 4 is 44.4 Å². The van der Waals surface area contributed by atoms with E-state index in [2.05, 4.69) is 15.0 Å². The number of H-pyrrole nitrogens is 1. The Labute approximate surface area is 125 Å². The predicted octanol–water partition coefficient (Wildman–Crippen LogP) is 4.23. The van der Waals surface area contributed by atoms with Gasteiger partial charge >= 0.3 is 0 Å². The van der Waals surface area contributed by atoms with Gasteiger partial charge in [0.25, 0.3) is 0 Å². The van der Waals surface area contributed by atoms with Crippen LogP contribution in [-0.4, -0.2) is 22.1 Å². The summed E-state index contributed by atoms with van der Waals surface area (Å²) in [5.41, 5.74) is 3.58. The Hall–Kier alpha value is -2.33. The number of nitrogens with one attached hydrogen (secondary N) is 1. The molecule has 3 heterocycles. The van der Waals surface area contributed by atoms with Crippen molar-refractivity contribution in [3.05, 3.63) is 41.2 Å². The largest absolute Gasteiger partial charge is 0.497 e. The van der Waals surface area contributed by atoms with Crippen molar-refractivity contribution in [2.24, 2.45) is 0 Å². The lowest BCUT2D eigenvalue weighted by atomic mass is 10.1. The lowest BCUT2D eigenvalue weighted by molar-refractivity contribution is 0.415. The van der Waals surface area contributed by atoms with E-state index in [9.17, 15) is 0 Å². The highest BCUT2D eigenvalue weighted by molar-refractivity contribution is 6.35. The summed E-state index contributed by atoms with van der Waals surface area (Å²) in [7, 11) is 1.66. The first-order chi connectivity index (χ1) is 10.2. The predicted molar refractivity (Wildman–Crippen MR) is 85.2 cm³/mol. The second-order valence-corrected chi connectivity index (χ2v) is 5.36. The van der Waals surface area contributed by atoms with Crippen LogP contribution in [0.25, 0.3) is 32.8 Å². The SMILES string of the molecule is COc1ccc2nc3nc4cc[nH]c(Cl)c4c(C)c3c2c1. The number of halogens is 1. The first-order valence-corrected chi connectivity index (χ1v) is 6.97. The van der Waals surface area contributed by atoms with Gasteiger partial charge in [-0.2, -0.15) is 0 Å². The second-order valence-electron chi connectivity index (χ2n) is 4.98. The number of aryl methyl sites for hydroxylation is 1. The Bertz CT molecular complexity index is 1010. The summed E-state index contributed by atoms with van der Waals surface area (Å²) < 4.78 is 5.31. The average Bonchev–Trinajstić information content (AvgIpc) is 2.84. The molecule has 4 rings (SSSR count). The van der Waals surface area contributed by atoms with Crippen LogP contribution in [0, 0.1) is 6.92 Å². The van der Waals surface area contributed by atoms with E-state index in [0.717, 1.165) is 44.2 Å². The number of aromatic amines is 1. The number of ether oxygens (including phenoxy) is 1. The monoisotopic (exact) mass is 297 g/mol. The standard InChI is InChI=1S/C16H12ClN3O/c1-8-13-10-7-9(21-2)3-4-11(10)19-16(13)20-12-5-6-18-15(17)14(8)12/h3-7,18H,1-2H3. The van der Waals surface area contributed by atoms with Crippen molar-refractivity contribution in [2.45, 2.75) is 6.92 Å². The molecule has 4 aromatic rings. The van der Waals surface area contributed by atoms with Crippen LogP contribution in [0.1, 0.15) is 5.56 Å². The molecule has 4 nitrogen and oxygen atoms in total. The van der Waals surface area contributed by atoms with E-state index in [1.807, 2.05) is 31.2 Å². The van der Waals surface area contributed by atoms with Crippen LogP contribution in [0.2, 0.25) is 5.15 Å². The van der Waals surface area contributed by atoms with Crippen molar-refractivity contribution in [3.8, 4) is 5.75 Å². The average molecular weight is 298 g/mol. The fourth-order valence-electron chi connectivity index (χ4n) is 2.83. The molecular formula is C16H12ClN3O. The van der Waals surface area contributed by atoms with E-state index in [0.29, 0.717) is 5.15 Å². The topological polar surface area (TPSA) is 50.8 Å². The summed E-state index contributed by atoms with van der Waals surface area (Å²) >= 11 is 6.30. The number of pyridine rings is 2. The molecule has 21 heavy (non-hydrogen) atoms. The van der Waals surface area contributed by atoms with Gasteiger partial charge in [-0.05, 0) is 36.8 Å². The van der Waals surface area contributed by atoms with Gasteiger partial charge in [-0.1, -0.05) is 11.6 Å². The van der Waals surface area contributed by atoms with Gasteiger partial charge in [-0.15, -0.1) is 0 Å². The number of methoxy groups -OCH3 is 1. The summed E-state index contributed by atoms with van der Waals surface area (Å²) in [6.45, 7) is 2.05. The van der Waals surface area contributed by atoms with Crippen LogP contribution in [0.15, 0.2) is 30.5 Å². The first kappa shape index (κ1) is 12.4. The van der Waals surface area contributed by atoms with Gasteiger partial charge in [-0.25, -0.2) is 9.97 Å².